The van der Waals surface area contributed by atoms with Crippen LogP contribution in [0.25, 0.3) is 0 Å². The molecule has 72 heavy (non-hydrogen) atoms. The van der Waals surface area contributed by atoms with Crippen LogP contribution in [0.5, 0.6) is 0 Å². The maximum absolute atomic E-state index is 12.9. The van der Waals surface area contributed by atoms with Crippen LogP contribution in [0.4, 0.5) is 0 Å². The molecule has 0 saturated heterocycles. The van der Waals surface area contributed by atoms with E-state index in [-0.39, 0.29) is 31.1 Å². The van der Waals surface area contributed by atoms with Crippen molar-refractivity contribution in [2.24, 2.45) is 0 Å². The van der Waals surface area contributed by atoms with E-state index in [1.807, 2.05) is 0 Å². The molecule has 0 heterocycles. The minimum absolute atomic E-state index is 0.0610. The lowest BCUT2D eigenvalue weighted by atomic mass is 10.0. The van der Waals surface area contributed by atoms with E-state index in [0.29, 0.717) is 19.3 Å². The van der Waals surface area contributed by atoms with Crippen molar-refractivity contribution in [1.29, 1.82) is 0 Å². The molecule has 6 heteroatoms. The minimum atomic E-state index is -0.761. The number of carbonyl (C=O) groups is 3. The Hall–Kier alpha value is -1.59. The monoisotopic (exact) mass is 1020 g/mol. The molecule has 0 aliphatic rings. The normalized spacial score (nSPS) is 11.9. The van der Waals surface area contributed by atoms with Gasteiger partial charge in [-0.1, -0.05) is 348 Å². The molecule has 6 nitrogen and oxygen atoms in total. The Morgan fingerprint density at radius 3 is 0.556 bits per heavy atom. The van der Waals surface area contributed by atoms with Gasteiger partial charge in [0.15, 0.2) is 6.10 Å². The van der Waals surface area contributed by atoms with Crippen molar-refractivity contribution in [3.63, 3.8) is 0 Å². The molecule has 1 unspecified atom stereocenters. The van der Waals surface area contributed by atoms with Crippen LogP contribution in [0, 0.1) is 0 Å². The van der Waals surface area contributed by atoms with Crippen LogP contribution >= 0.6 is 0 Å². The molecule has 0 N–H and O–H groups in total. The van der Waals surface area contributed by atoms with E-state index in [4.69, 9.17) is 14.2 Å². The number of esters is 3. The lowest BCUT2D eigenvalue weighted by Gasteiger charge is -2.18. The lowest BCUT2D eigenvalue weighted by Crippen LogP contribution is -2.30. The van der Waals surface area contributed by atoms with Gasteiger partial charge < -0.3 is 14.2 Å². The zero-order valence-electron chi connectivity index (χ0n) is 49.2. The first-order valence-corrected chi connectivity index (χ1v) is 33.0. The van der Waals surface area contributed by atoms with E-state index in [9.17, 15) is 14.4 Å². The first kappa shape index (κ1) is 70.4. The molecule has 1 atom stereocenters. The number of hydrogen-bond donors (Lipinski definition) is 0. The summed E-state index contributed by atoms with van der Waals surface area (Å²) in [4.78, 5) is 38.2. The van der Waals surface area contributed by atoms with Gasteiger partial charge in [0.2, 0.25) is 0 Å². The molecule has 0 aliphatic carbocycles. The number of hydrogen-bond acceptors (Lipinski definition) is 6. The van der Waals surface area contributed by atoms with E-state index in [1.165, 1.54) is 289 Å². The Morgan fingerprint density at radius 1 is 0.222 bits per heavy atom. The topological polar surface area (TPSA) is 78.9 Å². The molecule has 0 aromatic carbocycles. The van der Waals surface area contributed by atoms with Crippen molar-refractivity contribution in [2.75, 3.05) is 13.2 Å². The minimum Gasteiger partial charge on any atom is -0.462 e. The lowest BCUT2D eigenvalue weighted by molar-refractivity contribution is -0.167. The van der Waals surface area contributed by atoms with E-state index in [0.717, 1.165) is 57.8 Å². The Morgan fingerprint density at radius 2 is 0.375 bits per heavy atom. The highest BCUT2D eigenvalue weighted by atomic mass is 16.6. The SMILES string of the molecule is CCCCCCCCCCCCCCCCCCCCCCCCCCCCCCCC(=O)OCC(COC(=O)CCCCCCCCCCCC)OC(=O)CCCCCCCCCCCCCCCCC. The summed E-state index contributed by atoms with van der Waals surface area (Å²) in [6.07, 6.45) is 71.4. The highest BCUT2D eigenvalue weighted by Crippen LogP contribution is 2.19. The molecular weight excluding hydrogens is 889 g/mol. The zero-order chi connectivity index (χ0) is 52.2. The summed E-state index contributed by atoms with van der Waals surface area (Å²) in [6, 6.07) is 0. The predicted molar refractivity (Wildman–Crippen MR) is 312 cm³/mol. The first-order valence-electron chi connectivity index (χ1n) is 33.0. The van der Waals surface area contributed by atoms with Gasteiger partial charge in [-0.25, -0.2) is 0 Å². The fraction of sp³-hybridized carbons (Fsp3) is 0.955. The van der Waals surface area contributed by atoms with E-state index < -0.39 is 6.10 Å². The molecule has 0 saturated carbocycles. The molecule has 0 bridgehead atoms. The van der Waals surface area contributed by atoms with Crippen molar-refractivity contribution in [2.45, 2.75) is 393 Å². The van der Waals surface area contributed by atoms with Gasteiger partial charge in [-0.3, -0.25) is 14.4 Å². The van der Waals surface area contributed by atoms with Crippen LogP contribution in [0.3, 0.4) is 0 Å². The Bertz CT molecular complexity index is 1080. The van der Waals surface area contributed by atoms with Gasteiger partial charge in [0.25, 0.3) is 0 Å². The number of ether oxygens (including phenoxy) is 3. The first-order chi connectivity index (χ1) is 35.5. The van der Waals surface area contributed by atoms with Crippen LogP contribution in [0.2, 0.25) is 0 Å². The van der Waals surface area contributed by atoms with Gasteiger partial charge in [0, 0.05) is 19.3 Å². The zero-order valence-corrected chi connectivity index (χ0v) is 49.2. The van der Waals surface area contributed by atoms with Crippen LogP contribution in [0.1, 0.15) is 387 Å². The highest BCUT2D eigenvalue weighted by molar-refractivity contribution is 5.71. The van der Waals surface area contributed by atoms with Crippen molar-refractivity contribution in [1.82, 2.24) is 0 Å². The second-order valence-corrected chi connectivity index (χ2v) is 22.8. The van der Waals surface area contributed by atoms with Crippen molar-refractivity contribution < 1.29 is 28.6 Å². The molecule has 0 amide bonds. The number of carbonyl (C=O) groups excluding carboxylic acids is 3. The summed E-state index contributed by atoms with van der Waals surface area (Å²) >= 11 is 0. The summed E-state index contributed by atoms with van der Waals surface area (Å²) in [5, 5.41) is 0. The maximum Gasteiger partial charge on any atom is 0.306 e. The molecule has 0 radical (unpaired) electrons. The molecule has 0 aliphatic heterocycles. The third-order valence-electron chi connectivity index (χ3n) is 15.4. The van der Waals surface area contributed by atoms with Crippen LogP contribution in [0.15, 0.2) is 0 Å². The van der Waals surface area contributed by atoms with Crippen LogP contribution < -0.4 is 0 Å². The highest BCUT2D eigenvalue weighted by Gasteiger charge is 2.19. The maximum atomic E-state index is 12.9. The Kier molecular flexibility index (Phi) is 60.6. The van der Waals surface area contributed by atoms with Crippen molar-refractivity contribution >= 4 is 17.9 Å². The van der Waals surface area contributed by atoms with Gasteiger partial charge >= 0.3 is 17.9 Å². The fourth-order valence-electron chi connectivity index (χ4n) is 10.4. The smallest absolute Gasteiger partial charge is 0.306 e. The number of rotatable bonds is 62. The Labute approximate surface area is 450 Å². The van der Waals surface area contributed by atoms with Gasteiger partial charge in [-0.05, 0) is 19.3 Å². The summed E-state index contributed by atoms with van der Waals surface area (Å²) in [6.45, 7) is 6.71. The molecule has 428 valence electrons. The molecular formula is C66H128O6. The van der Waals surface area contributed by atoms with Gasteiger partial charge in [-0.15, -0.1) is 0 Å². The average molecular weight is 1020 g/mol. The largest absolute Gasteiger partial charge is 0.462 e. The third-order valence-corrected chi connectivity index (χ3v) is 15.4. The second-order valence-electron chi connectivity index (χ2n) is 22.8. The van der Waals surface area contributed by atoms with Crippen molar-refractivity contribution in [3.8, 4) is 0 Å². The molecule has 0 rings (SSSR count). The van der Waals surface area contributed by atoms with Gasteiger partial charge in [0.1, 0.15) is 13.2 Å². The summed E-state index contributed by atoms with van der Waals surface area (Å²) in [7, 11) is 0. The third kappa shape index (κ3) is 59.3. The number of unbranched alkanes of at least 4 members (excludes halogenated alkanes) is 51. The summed E-state index contributed by atoms with van der Waals surface area (Å²) in [5.41, 5.74) is 0. The van der Waals surface area contributed by atoms with Gasteiger partial charge in [-0.2, -0.15) is 0 Å². The van der Waals surface area contributed by atoms with Crippen LogP contribution in [-0.4, -0.2) is 37.2 Å². The molecule has 0 aromatic heterocycles. The second kappa shape index (κ2) is 62.0. The fourth-order valence-corrected chi connectivity index (χ4v) is 10.4. The molecule has 0 aromatic rings. The molecule has 0 fully saturated rings. The van der Waals surface area contributed by atoms with E-state index in [2.05, 4.69) is 20.8 Å². The quantitative estimate of drug-likeness (QED) is 0.0343. The predicted octanol–water partition coefficient (Wildman–Crippen LogP) is 22.3. The van der Waals surface area contributed by atoms with E-state index in [1.54, 1.807) is 0 Å². The van der Waals surface area contributed by atoms with Crippen molar-refractivity contribution in [3.05, 3.63) is 0 Å². The standard InChI is InChI=1S/C66H128O6/c1-4-7-10-13-16-19-22-24-26-27-28-29-30-31-32-33-34-35-36-37-38-39-41-42-44-47-50-53-56-59-65(68)71-62-63(61-70-64(67)58-55-52-49-46-21-18-15-12-9-6-3)72-66(69)60-57-54-51-48-45-43-40-25-23-20-17-14-11-8-5-2/h63H,4-62H2,1-3H3. The van der Waals surface area contributed by atoms with Gasteiger partial charge in [0.05, 0.1) is 0 Å². The Balaban J connectivity index is 4.05. The summed E-state index contributed by atoms with van der Waals surface area (Å²) in [5.74, 6) is -0.831. The summed E-state index contributed by atoms with van der Waals surface area (Å²) < 4.78 is 16.9. The van der Waals surface area contributed by atoms with E-state index >= 15 is 0 Å². The average Bonchev–Trinajstić information content (AvgIpc) is 3.38. The molecule has 0 spiro atoms. The van der Waals surface area contributed by atoms with Crippen LogP contribution in [-0.2, 0) is 28.6 Å².